The van der Waals surface area contributed by atoms with Gasteiger partial charge in [-0.2, -0.15) is 0 Å². The largest absolute Gasteiger partial charge is 0.468 e. The highest BCUT2D eigenvalue weighted by molar-refractivity contribution is 5.85. The number of carbonyl (C=O) groups is 1. The minimum Gasteiger partial charge on any atom is -0.468 e. The number of H-pyrrole nitrogens is 1. The highest BCUT2D eigenvalue weighted by Crippen LogP contribution is 2.48. The van der Waals surface area contributed by atoms with E-state index in [1.165, 1.54) is 7.11 Å². The lowest BCUT2D eigenvalue weighted by molar-refractivity contribution is -0.143. The van der Waals surface area contributed by atoms with Crippen LogP contribution in [0.15, 0.2) is 0 Å². The summed E-state index contributed by atoms with van der Waals surface area (Å²) in [7, 11) is 1.43. The lowest BCUT2D eigenvalue weighted by atomic mass is 10.1. The lowest BCUT2D eigenvalue weighted by Crippen LogP contribution is -2.23. The van der Waals surface area contributed by atoms with Crippen LogP contribution < -0.4 is 0 Å². The van der Waals surface area contributed by atoms with E-state index >= 15 is 0 Å². The van der Waals surface area contributed by atoms with E-state index in [9.17, 15) is 4.79 Å². The molecule has 1 aromatic heterocycles. The van der Waals surface area contributed by atoms with E-state index in [2.05, 4.69) is 23.8 Å². The minimum atomic E-state index is -0.480. The van der Waals surface area contributed by atoms with Gasteiger partial charge < -0.3 is 9.72 Å². The van der Waals surface area contributed by atoms with Crippen molar-refractivity contribution in [3.05, 3.63) is 17.2 Å². The molecule has 4 heteroatoms. The van der Waals surface area contributed by atoms with Crippen LogP contribution in [0.3, 0.4) is 0 Å². The molecule has 0 bridgehead atoms. The van der Waals surface area contributed by atoms with Crippen molar-refractivity contribution < 1.29 is 9.53 Å². The average Bonchev–Trinajstić information content (AvgIpc) is 2.95. The van der Waals surface area contributed by atoms with Crippen molar-refractivity contribution in [2.75, 3.05) is 7.11 Å². The third-order valence-electron chi connectivity index (χ3n) is 3.25. The van der Waals surface area contributed by atoms with Crippen LogP contribution in [0.25, 0.3) is 0 Å². The van der Waals surface area contributed by atoms with Gasteiger partial charge in [-0.05, 0) is 25.7 Å². The van der Waals surface area contributed by atoms with Gasteiger partial charge in [-0.25, -0.2) is 4.98 Å². The first-order chi connectivity index (χ1) is 7.51. The summed E-state index contributed by atoms with van der Waals surface area (Å²) in [6.07, 6.45) is 1.67. The van der Waals surface area contributed by atoms with Crippen LogP contribution in [-0.4, -0.2) is 23.0 Å². The molecule has 1 aliphatic carbocycles. The molecule has 0 radical (unpaired) electrons. The Morgan fingerprint density at radius 2 is 2.12 bits per heavy atom. The van der Waals surface area contributed by atoms with E-state index in [0.717, 1.165) is 30.1 Å². The summed E-state index contributed by atoms with van der Waals surface area (Å²) in [5.74, 6) is 0.982. The Hall–Kier alpha value is -1.32. The summed E-state index contributed by atoms with van der Waals surface area (Å²) >= 11 is 0. The Kier molecular flexibility index (Phi) is 2.52. The zero-order valence-corrected chi connectivity index (χ0v) is 10.3. The molecule has 88 valence electrons. The molecule has 1 aliphatic rings. The molecule has 1 N–H and O–H groups in total. The number of nitrogens with zero attached hydrogens (tertiary/aromatic N) is 1. The monoisotopic (exact) mass is 222 g/mol. The summed E-state index contributed by atoms with van der Waals surface area (Å²) < 4.78 is 4.84. The zero-order chi connectivity index (χ0) is 11.9. The van der Waals surface area contributed by atoms with Crippen LogP contribution in [-0.2, 0) is 14.9 Å². The first-order valence-electron chi connectivity index (χ1n) is 5.66. The van der Waals surface area contributed by atoms with Gasteiger partial charge in [0, 0.05) is 5.69 Å². The van der Waals surface area contributed by atoms with Gasteiger partial charge in [0.1, 0.15) is 11.2 Å². The molecule has 0 amide bonds. The van der Waals surface area contributed by atoms with E-state index in [-0.39, 0.29) is 5.97 Å². The Labute approximate surface area is 95.4 Å². The van der Waals surface area contributed by atoms with Crippen molar-refractivity contribution >= 4 is 5.97 Å². The fourth-order valence-corrected chi connectivity index (χ4v) is 2.12. The lowest BCUT2D eigenvalue weighted by Gasteiger charge is -2.08. The van der Waals surface area contributed by atoms with Crippen molar-refractivity contribution in [1.82, 2.24) is 9.97 Å². The van der Waals surface area contributed by atoms with Gasteiger partial charge in [0.2, 0.25) is 0 Å². The predicted octanol–water partition coefficient (Wildman–Crippen LogP) is 2.05. The number of imidazole rings is 1. The van der Waals surface area contributed by atoms with Crippen LogP contribution in [0.1, 0.15) is 49.8 Å². The third-order valence-corrected chi connectivity index (χ3v) is 3.25. The van der Waals surface area contributed by atoms with Crippen LogP contribution >= 0.6 is 0 Å². The second-order valence-corrected chi connectivity index (χ2v) is 4.82. The van der Waals surface area contributed by atoms with Crippen LogP contribution in [0.2, 0.25) is 0 Å². The number of esters is 1. The van der Waals surface area contributed by atoms with E-state index < -0.39 is 5.41 Å². The zero-order valence-electron chi connectivity index (χ0n) is 10.3. The molecule has 16 heavy (non-hydrogen) atoms. The molecule has 1 heterocycles. The van der Waals surface area contributed by atoms with Gasteiger partial charge in [-0.1, -0.05) is 13.8 Å². The summed E-state index contributed by atoms with van der Waals surface area (Å²) in [4.78, 5) is 19.5. The number of carbonyl (C=O) groups excluding carboxylic acids is 1. The Bertz CT molecular complexity index is 417. The van der Waals surface area contributed by atoms with Crippen molar-refractivity contribution in [3.63, 3.8) is 0 Å². The second-order valence-electron chi connectivity index (χ2n) is 4.82. The number of hydrogen-bond donors (Lipinski definition) is 1. The second kappa shape index (κ2) is 3.61. The quantitative estimate of drug-likeness (QED) is 0.796. The summed E-state index contributed by atoms with van der Waals surface area (Å²) in [5, 5.41) is 0. The fourth-order valence-electron chi connectivity index (χ4n) is 2.12. The number of ether oxygens (including phenoxy) is 1. The van der Waals surface area contributed by atoms with Gasteiger partial charge in [0.25, 0.3) is 0 Å². The van der Waals surface area contributed by atoms with E-state index in [4.69, 9.17) is 4.74 Å². The van der Waals surface area contributed by atoms with Gasteiger partial charge in [-0.15, -0.1) is 0 Å². The molecule has 0 saturated heterocycles. The number of rotatable bonds is 3. The number of methoxy groups -OCH3 is 1. The van der Waals surface area contributed by atoms with Gasteiger partial charge in [-0.3, -0.25) is 4.79 Å². The average molecular weight is 222 g/mol. The number of aromatic amines is 1. The molecular weight excluding hydrogens is 204 g/mol. The molecule has 1 fully saturated rings. The number of nitrogens with one attached hydrogen (secondary N) is 1. The molecule has 2 rings (SSSR count). The molecule has 4 nitrogen and oxygen atoms in total. The summed E-state index contributed by atoms with van der Waals surface area (Å²) in [5.41, 5.74) is 1.62. The highest BCUT2D eigenvalue weighted by Gasteiger charge is 2.55. The Morgan fingerprint density at radius 1 is 1.50 bits per heavy atom. The standard InChI is InChI=1S/C12H18N2O2/c1-7(2)9-8(3)13-10(14-9)12(5-6-12)11(15)16-4/h7H,5-6H2,1-4H3,(H,13,14). The first-order valence-corrected chi connectivity index (χ1v) is 5.66. The molecule has 1 saturated carbocycles. The van der Waals surface area contributed by atoms with Gasteiger partial charge in [0.15, 0.2) is 0 Å². The van der Waals surface area contributed by atoms with E-state index in [1.807, 2.05) is 6.92 Å². The third kappa shape index (κ3) is 1.52. The van der Waals surface area contributed by atoms with Crippen molar-refractivity contribution in [3.8, 4) is 0 Å². The normalized spacial score (nSPS) is 17.6. The van der Waals surface area contributed by atoms with Gasteiger partial charge >= 0.3 is 5.97 Å². The molecule has 0 unspecified atom stereocenters. The maximum atomic E-state index is 11.7. The van der Waals surface area contributed by atoms with E-state index in [1.54, 1.807) is 0 Å². The van der Waals surface area contributed by atoms with Crippen molar-refractivity contribution in [2.24, 2.45) is 0 Å². The maximum absolute atomic E-state index is 11.7. The topological polar surface area (TPSA) is 55.0 Å². The highest BCUT2D eigenvalue weighted by atomic mass is 16.5. The molecule has 0 atom stereocenters. The van der Waals surface area contributed by atoms with Crippen LogP contribution in [0.4, 0.5) is 0 Å². The smallest absolute Gasteiger partial charge is 0.319 e. The summed E-state index contributed by atoms with van der Waals surface area (Å²) in [6, 6.07) is 0. The van der Waals surface area contributed by atoms with Crippen molar-refractivity contribution in [1.29, 1.82) is 0 Å². The Balaban J connectivity index is 2.35. The predicted molar refractivity (Wildman–Crippen MR) is 60.3 cm³/mol. The van der Waals surface area contributed by atoms with Crippen LogP contribution in [0, 0.1) is 6.92 Å². The minimum absolute atomic E-state index is 0.170. The number of hydrogen-bond acceptors (Lipinski definition) is 3. The molecule has 0 aliphatic heterocycles. The van der Waals surface area contributed by atoms with Crippen LogP contribution in [0.5, 0.6) is 0 Å². The maximum Gasteiger partial charge on any atom is 0.319 e. The fraction of sp³-hybridized carbons (Fsp3) is 0.667. The number of aryl methyl sites for hydroxylation is 1. The Morgan fingerprint density at radius 3 is 2.50 bits per heavy atom. The van der Waals surface area contributed by atoms with Gasteiger partial charge in [0.05, 0.1) is 12.8 Å². The number of aromatic nitrogens is 2. The molecule has 0 aromatic carbocycles. The molecule has 0 spiro atoms. The first kappa shape index (κ1) is 11.2. The SMILES string of the molecule is COC(=O)C1(c2nc(C(C)C)c(C)[nH]2)CC1. The molecular formula is C12H18N2O2. The molecule has 1 aromatic rings. The summed E-state index contributed by atoms with van der Waals surface area (Å²) in [6.45, 7) is 6.20. The van der Waals surface area contributed by atoms with E-state index in [0.29, 0.717) is 5.92 Å². The van der Waals surface area contributed by atoms with Crippen molar-refractivity contribution in [2.45, 2.75) is 44.9 Å².